The average molecular weight is 439 g/mol. The maximum atomic E-state index is 13.3. The molecule has 2 aromatic rings. The first kappa shape index (κ1) is 23.3. The van der Waals surface area contributed by atoms with Crippen molar-refractivity contribution < 1.29 is 23.9 Å². The van der Waals surface area contributed by atoms with Crippen LogP contribution in [-0.4, -0.2) is 42.1 Å². The van der Waals surface area contributed by atoms with Crippen LogP contribution in [0.1, 0.15) is 37.0 Å². The van der Waals surface area contributed by atoms with Gasteiger partial charge in [0.15, 0.2) is 0 Å². The van der Waals surface area contributed by atoms with E-state index in [0.29, 0.717) is 12.8 Å². The molecule has 0 aliphatic carbocycles. The van der Waals surface area contributed by atoms with Gasteiger partial charge >= 0.3 is 12.1 Å². The number of esters is 1. The van der Waals surface area contributed by atoms with Crippen molar-refractivity contribution in [2.75, 3.05) is 7.11 Å². The monoisotopic (exact) mass is 438 g/mol. The summed E-state index contributed by atoms with van der Waals surface area (Å²) in [6, 6.07) is 15.5. The van der Waals surface area contributed by atoms with Crippen LogP contribution in [0, 0.1) is 5.92 Å². The van der Waals surface area contributed by atoms with E-state index in [1.165, 1.54) is 12.0 Å². The average Bonchev–Trinajstić information content (AvgIpc) is 2.84. The Hall–Kier alpha value is -3.35. The topological polar surface area (TPSA) is 84.9 Å². The third kappa shape index (κ3) is 5.46. The van der Waals surface area contributed by atoms with Crippen LogP contribution in [0.5, 0.6) is 0 Å². The molecule has 0 unspecified atom stereocenters. The minimum absolute atomic E-state index is 0.110. The van der Waals surface area contributed by atoms with Gasteiger partial charge in [0.1, 0.15) is 18.7 Å². The van der Waals surface area contributed by atoms with E-state index in [1.807, 2.05) is 68.4 Å². The van der Waals surface area contributed by atoms with Crippen LogP contribution < -0.4 is 5.32 Å². The number of carbonyl (C=O) groups is 3. The summed E-state index contributed by atoms with van der Waals surface area (Å²) >= 11 is 0. The molecule has 3 atom stereocenters. The molecule has 0 aromatic heterocycles. The van der Waals surface area contributed by atoms with Gasteiger partial charge in [-0.1, -0.05) is 74.9 Å². The molecule has 170 valence electrons. The highest BCUT2D eigenvalue weighted by Gasteiger charge is 2.38. The van der Waals surface area contributed by atoms with Crippen LogP contribution in [0.25, 0.3) is 0 Å². The molecule has 32 heavy (non-hydrogen) atoms. The van der Waals surface area contributed by atoms with E-state index in [-0.39, 0.29) is 19.1 Å². The van der Waals surface area contributed by atoms with Gasteiger partial charge in [0.2, 0.25) is 5.91 Å². The minimum atomic E-state index is -0.788. The van der Waals surface area contributed by atoms with Gasteiger partial charge in [-0.15, -0.1) is 0 Å². The lowest BCUT2D eigenvalue weighted by molar-refractivity contribution is -0.147. The normalized spacial score (nSPS) is 17.0. The summed E-state index contributed by atoms with van der Waals surface area (Å²) in [5.74, 6) is -1.00. The summed E-state index contributed by atoms with van der Waals surface area (Å²) in [5.41, 5.74) is 2.83. The molecule has 0 saturated heterocycles. The second kappa shape index (κ2) is 10.8. The zero-order valence-electron chi connectivity index (χ0n) is 18.7. The van der Waals surface area contributed by atoms with Crippen LogP contribution in [0.15, 0.2) is 54.6 Å². The summed E-state index contributed by atoms with van der Waals surface area (Å²) in [6.45, 7) is 4.19. The molecular weight excluding hydrogens is 408 g/mol. The van der Waals surface area contributed by atoms with Gasteiger partial charge in [-0.2, -0.15) is 0 Å². The predicted octanol–water partition coefficient (Wildman–Crippen LogP) is 3.45. The number of carbonyl (C=O) groups excluding carboxylic acids is 3. The minimum Gasteiger partial charge on any atom is -0.467 e. The van der Waals surface area contributed by atoms with E-state index in [9.17, 15) is 14.4 Å². The fraction of sp³-hybridized carbons (Fsp3) is 0.400. The number of benzene rings is 2. The number of hydrogen-bond donors (Lipinski definition) is 1. The first-order valence-electron chi connectivity index (χ1n) is 10.9. The Balaban J connectivity index is 1.80. The Bertz CT molecular complexity index is 946. The number of hydrogen-bond acceptors (Lipinski definition) is 5. The van der Waals surface area contributed by atoms with Gasteiger partial charge in [0, 0.05) is 6.42 Å². The Morgan fingerprint density at radius 1 is 1.06 bits per heavy atom. The van der Waals surface area contributed by atoms with Crippen molar-refractivity contribution in [2.45, 2.75) is 51.9 Å². The van der Waals surface area contributed by atoms with Crippen LogP contribution >= 0.6 is 0 Å². The largest absolute Gasteiger partial charge is 0.467 e. The van der Waals surface area contributed by atoms with Crippen molar-refractivity contribution >= 4 is 18.0 Å². The lowest BCUT2D eigenvalue weighted by atomic mass is 9.93. The van der Waals surface area contributed by atoms with Gasteiger partial charge in [-0.05, 0) is 22.6 Å². The van der Waals surface area contributed by atoms with Crippen molar-refractivity contribution in [1.29, 1.82) is 0 Å². The fourth-order valence-corrected chi connectivity index (χ4v) is 3.80. The zero-order chi connectivity index (χ0) is 23.1. The van der Waals surface area contributed by atoms with E-state index in [4.69, 9.17) is 9.47 Å². The van der Waals surface area contributed by atoms with Gasteiger partial charge < -0.3 is 14.8 Å². The number of amides is 2. The molecule has 7 nitrogen and oxygen atoms in total. The summed E-state index contributed by atoms with van der Waals surface area (Å²) in [7, 11) is 1.30. The molecule has 2 amide bonds. The molecule has 7 heteroatoms. The van der Waals surface area contributed by atoms with E-state index in [2.05, 4.69) is 5.32 Å². The SMILES string of the molecule is CC[C@H](C)[C@@H](NC(=O)[C@@H]1Cc2ccccc2CN1C(=O)OCc1ccccc1)C(=O)OC. The highest BCUT2D eigenvalue weighted by atomic mass is 16.6. The number of ether oxygens (including phenoxy) is 2. The van der Waals surface area contributed by atoms with Crippen LogP contribution in [0.2, 0.25) is 0 Å². The van der Waals surface area contributed by atoms with Crippen molar-refractivity contribution in [1.82, 2.24) is 10.2 Å². The molecule has 0 radical (unpaired) electrons. The zero-order valence-corrected chi connectivity index (χ0v) is 18.7. The van der Waals surface area contributed by atoms with E-state index in [1.54, 1.807) is 0 Å². The van der Waals surface area contributed by atoms with Crippen LogP contribution in [-0.2, 0) is 38.6 Å². The molecule has 0 bridgehead atoms. The molecule has 1 heterocycles. The molecule has 1 N–H and O–H groups in total. The maximum absolute atomic E-state index is 13.3. The van der Waals surface area contributed by atoms with Crippen LogP contribution in [0.3, 0.4) is 0 Å². The lowest BCUT2D eigenvalue weighted by Crippen LogP contribution is -2.56. The van der Waals surface area contributed by atoms with Crippen molar-refractivity contribution in [3.8, 4) is 0 Å². The standard InChI is InChI=1S/C25H30N2O5/c1-4-17(2)22(24(29)31-3)26-23(28)21-14-19-12-8-9-13-20(19)15-27(21)25(30)32-16-18-10-6-5-7-11-18/h5-13,17,21-22H,4,14-16H2,1-3H3,(H,26,28)/t17-,21-,22+/m0/s1. The second-order valence-electron chi connectivity index (χ2n) is 8.05. The molecule has 1 aliphatic rings. The quantitative estimate of drug-likeness (QED) is 0.670. The summed E-state index contributed by atoms with van der Waals surface area (Å²) < 4.78 is 10.4. The molecule has 0 saturated carbocycles. The first-order chi connectivity index (χ1) is 15.4. The van der Waals surface area contributed by atoms with Crippen molar-refractivity contribution in [3.63, 3.8) is 0 Å². The third-order valence-electron chi connectivity index (χ3n) is 5.96. The molecule has 2 aromatic carbocycles. The number of methoxy groups -OCH3 is 1. The molecule has 0 spiro atoms. The van der Waals surface area contributed by atoms with Gasteiger partial charge in [-0.25, -0.2) is 9.59 Å². The molecule has 1 aliphatic heterocycles. The Labute approximate surface area is 188 Å². The highest BCUT2D eigenvalue weighted by Crippen LogP contribution is 2.25. The van der Waals surface area contributed by atoms with E-state index >= 15 is 0 Å². The predicted molar refractivity (Wildman–Crippen MR) is 120 cm³/mol. The third-order valence-corrected chi connectivity index (χ3v) is 5.96. The molecule has 0 fully saturated rings. The van der Waals surface area contributed by atoms with Gasteiger partial charge in [-0.3, -0.25) is 9.69 Å². The summed E-state index contributed by atoms with van der Waals surface area (Å²) in [4.78, 5) is 40.0. The summed E-state index contributed by atoms with van der Waals surface area (Å²) in [5, 5.41) is 2.81. The van der Waals surface area contributed by atoms with E-state index < -0.39 is 30.1 Å². The van der Waals surface area contributed by atoms with Gasteiger partial charge in [0.25, 0.3) is 0 Å². The van der Waals surface area contributed by atoms with Crippen LogP contribution in [0.4, 0.5) is 4.79 Å². The van der Waals surface area contributed by atoms with Gasteiger partial charge in [0.05, 0.1) is 13.7 Å². The highest BCUT2D eigenvalue weighted by molar-refractivity contribution is 5.90. The number of rotatable bonds is 7. The lowest BCUT2D eigenvalue weighted by Gasteiger charge is -2.36. The number of fused-ring (bicyclic) bond motifs is 1. The van der Waals surface area contributed by atoms with Crippen molar-refractivity contribution in [3.05, 3.63) is 71.3 Å². The summed E-state index contributed by atoms with van der Waals surface area (Å²) in [6.07, 6.45) is 0.467. The Morgan fingerprint density at radius 2 is 1.72 bits per heavy atom. The Kier molecular flexibility index (Phi) is 7.87. The molecule has 3 rings (SSSR count). The number of nitrogens with zero attached hydrogens (tertiary/aromatic N) is 1. The second-order valence-corrected chi connectivity index (χ2v) is 8.05. The smallest absolute Gasteiger partial charge is 0.411 e. The fourth-order valence-electron chi connectivity index (χ4n) is 3.80. The first-order valence-corrected chi connectivity index (χ1v) is 10.9. The molecular formula is C25H30N2O5. The Morgan fingerprint density at radius 3 is 2.38 bits per heavy atom. The maximum Gasteiger partial charge on any atom is 0.411 e. The number of nitrogens with one attached hydrogen (secondary N) is 1. The van der Waals surface area contributed by atoms with E-state index in [0.717, 1.165) is 16.7 Å². The van der Waals surface area contributed by atoms with Crippen molar-refractivity contribution in [2.24, 2.45) is 5.92 Å².